The predicted octanol–water partition coefficient (Wildman–Crippen LogP) is 5.34. The highest BCUT2D eigenvalue weighted by Crippen LogP contribution is 2.41. The molecule has 4 N–H and O–H groups in total. The van der Waals surface area contributed by atoms with Crippen molar-refractivity contribution in [3.05, 3.63) is 213 Å². The van der Waals surface area contributed by atoms with Crippen LogP contribution in [0.3, 0.4) is 0 Å². The average Bonchev–Trinajstić information content (AvgIpc) is 1.37. The number of hydrogen-bond donors (Lipinski definition) is 4. The van der Waals surface area contributed by atoms with E-state index in [0.717, 1.165) is 26.8 Å². The average molecular weight is 1780 g/mol. The van der Waals surface area contributed by atoms with Gasteiger partial charge in [-0.2, -0.15) is 0 Å². The molecular weight excluding hydrogens is 1670 g/mol. The number of fused-ring (bicyclic) bond motifs is 3. The molecule has 6 aromatic rings. The molecule has 0 radical (unpaired) electrons. The monoisotopic (exact) mass is 1780 g/mol. The van der Waals surface area contributed by atoms with Gasteiger partial charge in [0.1, 0.15) is 11.1 Å². The third-order valence-electron chi connectivity index (χ3n) is 18.9. The van der Waals surface area contributed by atoms with Gasteiger partial charge in [0.25, 0.3) is 35.4 Å². The van der Waals surface area contributed by atoms with Crippen molar-refractivity contribution < 1.29 is 138 Å². The van der Waals surface area contributed by atoms with Crippen LogP contribution in [0.15, 0.2) is 158 Å². The van der Waals surface area contributed by atoms with Crippen LogP contribution in [0.4, 0.5) is 0 Å². The van der Waals surface area contributed by atoms with E-state index < -0.39 is 52.5 Å². The van der Waals surface area contributed by atoms with Crippen LogP contribution in [0.25, 0.3) is 0 Å². The lowest BCUT2D eigenvalue weighted by atomic mass is 9.80. The van der Waals surface area contributed by atoms with Crippen LogP contribution >= 0.6 is 11.6 Å². The smallest absolute Gasteiger partial charge is 0.285 e. The Morgan fingerprint density at radius 1 is 0.254 bits per heavy atom. The fourth-order valence-corrected chi connectivity index (χ4v) is 12.8. The van der Waals surface area contributed by atoms with Crippen molar-refractivity contribution in [1.82, 2.24) is 36.5 Å². The van der Waals surface area contributed by atoms with Crippen molar-refractivity contribution in [3.63, 3.8) is 0 Å². The lowest BCUT2D eigenvalue weighted by molar-refractivity contribution is -0.131. The number of nitrogens with one attached hydrogen (secondary N) is 4. The number of carbonyl (C=O) groups excluding carboxylic acids is 10. The molecule has 0 spiro atoms. The van der Waals surface area contributed by atoms with Crippen molar-refractivity contribution >= 4 is 70.7 Å². The second-order valence-corrected chi connectivity index (χ2v) is 28.4. The van der Waals surface area contributed by atoms with Crippen LogP contribution in [0.2, 0.25) is 5.02 Å². The summed E-state index contributed by atoms with van der Waals surface area (Å²) in [7, 11) is 0. The summed E-state index contributed by atoms with van der Waals surface area (Å²) in [6.45, 7) is 4.38. The van der Waals surface area contributed by atoms with E-state index >= 15 is 0 Å². The molecule has 0 aromatic heterocycles. The fourth-order valence-electron chi connectivity index (χ4n) is 12.7. The quantitative estimate of drug-likeness (QED) is 0.0212. The van der Waals surface area contributed by atoms with Gasteiger partial charge < -0.3 is 97.1 Å². The minimum Gasteiger partial charge on any atom is -0.379 e. The summed E-state index contributed by atoms with van der Waals surface area (Å²) in [6.07, 6.45) is -0.409. The highest BCUT2D eigenvalue weighted by Gasteiger charge is 2.41. The van der Waals surface area contributed by atoms with Crippen LogP contribution in [0.1, 0.15) is 105 Å². The number of rotatable bonds is 71. The SMILES string of the molecule is O=C(CCOCC(COCCC(=O)NCCOCCOCCOCCON1C(=O)c2ccccc2C1=O)(COCCC(=O)NCCOCCOCCON1C(=O)c2ccccc2C1=O)NC(=O)CCOCCOCCOCCOCCOC(c1ccccc1)(c1ccccc1)c1ccc(Cl)cc1)NCCOCCOCCOCCON1C(=O)c2ccccc2C1=O. The molecule has 0 fully saturated rings. The summed E-state index contributed by atoms with van der Waals surface area (Å²) in [5.74, 6) is -4.78. The van der Waals surface area contributed by atoms with E-state index in [1.165, 1.54) is 0 Å². The minimum absolute atomic E-state index is 0.0137. The number of hydroxylamine groups is 6. The maximum Gasteiger partial charge on any atom is 0.285 e. The molecule has 3 heterocycles. The van der Waals surface area contributed by atoms with Gasteiger partial charge in [-0.25, -0.2) is 0 Å². The second kappa shape index (κ2) is 57.8. The molecule has 0 saturated heterocycles. The molecule has 37 heteroatoms. The normalized spacial score (nSPS) is 13.1. The Balaban J connectivity index is 0.681. The first kappa shape index (κ1) is 99.9. The van der Waals surface area contributed by atoms with Gasteiger partial charge in [-0.05, 0) is 65.2 Å². The number of imide groups is 3. The minimum atomic E-state index is -1.45. The summed E-state index contributed by atoms with van der Waals surface area (Å²) < 4.78 is 92.8. The van der Waals surface area contributed by atoms with Crippen LogP contribution in [0.5, 0.6) is 0 Å². The zero-order valence-electron chi connectivity index (χ0n) is 70.6. The highest BCUT2D eigenvalue weighted by atomic mass is 35.5. The third kappa shape index (κ3) is 33.7. The number of carbonyl (C=O) groups is 10. The van der Waals surface area contributed by atoms with Crippen molar-refractivity contribution in [1.29, 1.82) is 0 Å². The van der Waals surface area contributed by atoms with E-state index in [0.29, 0.717) is 29.9 Å². The van der Waals surface area contributed by atoms with E-state index in [-0.39, 0.29) is 301 Å². The molecule has 10 amide bonds. The van der Waals surface area contributed by atoms with Gasteiger partial charge in [-0.15, -0.1) is 15.2 Å². The number of halogens is 1. The topological polar surface area (TPSA) is 404 Å². The van der Waals surface area contributed by atoms with Gasteiger partial charge in [0.05, 0.1) is 258 Å². The van der Waals surface area contributed by atoms with E-state index in [9.17, 15) is 47.9 Å². The van der Waals surface area contributed by atoms with Crippen LogP contribution in [-0.2, 0) is 115 Å². The molecule has 6 aromatic carbocycles. The zero-order chi connectivity index (χ0) is 88.9. The van der Waals surface area contributed by atoms with E-state index in [1.54, 1.807) is 72.8 Å². The zero-order valence-corrected chi connectivity index (χ0v) is 71.3. The third-order valence-corrected chi connectivity index (χ3v) is 19.1. The summed E-state index contributed by atoms with van der Waals surface area (Å²) in [4.78, 5) is 144. The Labute approximate surface area is 735 Å². The molecule has 0 saturated carbocycles. The highest BCUT2D eigenvalue weighted by molar-refractivity contribution is 6.30. The van der Waals surface area contributed by atoms with Gasteiger partial charge in [-0.3, -0.25) is 62.5 Å². The number of hydrogen-bond acceptors (Lipinski definition) is 29. The number of ether oxygens (including phenoxy) is 16. The Bertz CT molecular complexity index is 4050. The van der Waals surface area contributed by atoms with Gasteiger partial charge in [0, 0.05) is 50.3 Å². The van der Waals surface area contributed by atoms with E-state index in [2.05, 4.69) is 21.3 Å². The van der Waals surface area contributed by atoms with Crippen LogP contribution < -0.4 is 21.3 Å². The van der Waals surface area contributed by atoms with Crippen molar-refractivity contribution in [2.75, 3.05) is 244 Å². The Hall–Kier alpha value is -9.85. The van der Waals surface area contributed by atoms with Crippen molar-refractivity contribution in [3.8, 4) is 0 Å². The molecular formula is C89H112ClN7O29. The van der Waals surface area contributed by atoms with Crippen LogP contribution in [0, 0.1) is 0 Å². The maximum absolute atomic E-state index is 14.0. The first-order valence-electron chi connectivity index (χ1n) is 41.8. The molecule has 3 aliphatic heterocycles. The Kier molecular flexibility index (Phi) is 45.8. The van der Waals surface area contributed by atoms with Crippen LogP contribution in [-0.4, -0.2) is 324 Å². The first-order chi connectivity index (χ1) is 61.7. The summed E-state index contributed by atoms with van der Waals surface area (Å²) >= 11 is 6.33. The molecule has 0 bridgehead atoms. The second-order valence-electron chi connectivity index (χ2n) is 28.0. The number of nitrogens with zero attached hydrogens (tertiary/aromatic N) is 3. The van der Waals surface area contributed by atoms with Crippen molar-refractivity contribution in [2.45, 2.75) is 36.8 Å². The lowest BCUT2D eigenvalue weighted by Crippen LogP contribution is -2.59. The largest absolute Gasteiger partial charge is 0.379 e. The van der Waals surface area contributed by atoms with E-state index in [1.807, 2.05) is 84.9 Å². The molecule has 36 nitrogen and oxygen atoms in total. The van der Waals surface area contributed by atoms with Gasteiger partial charge in [-0.1, -0.05) is 121 Å². The first-order valence-corrected chi connectivity index (χ1v) is 42.2. The Morgan fingerprint density at radius 2 is 0.484 bits per heavy atom. The van der Waals surface area contributed by atoms with Crippen molar-refractivity contribution in [2.24, 2.45) is 0 Å². The Morgan fingerprint density at radius 3 is 0.778 bits per heavy atom. The van der Waals surface area contributed by atoms with Gasteiger partial charge in [0.15, 0.2) is 0 Å². The molecule has 3 aliphatic rings. The number of benzene rings is 6. The molecule has 0 unspecified atom stereocenters. The lowest BCUT2D eigenvalue weighted by Gasteiger charge is -2.36. The van der Waals surface area contributed by atoms with E-state index in [4.69, 9.17) is 102 Å². The summed E-state index contributed by atoms with van der Waals surface area (Å²) in [5.41, 5.74) is 2.09. The molecule has 9 rings (SSSR count). The molecule has 0 aliphatic carbocycles. The fraction of sp³-hybridized carbons (Fsp3) is 0.483. The maximum atomic E-state index is 14.0. The predicted molar refractivity (Wildman–Crippen MR) is 450 cm³/mol. The molecule has 684 valence electrons. The molecule has 0 atom stereocenters. The standard InChI is InChI=1S/C89H112ClN7O29/c90-71-25-23-70(24-26-71)89(68-13-3-1-4-14-68,69-15-5-2-6-16-69)123-61-57-116-54-51-115-50-49-112-45-41-108-34-30-81(101)94-88(67-122-37-29-80(100)93-33-40-111-44-48-117-58-62-124-95-82(102)72-17-7-8-18-73(72)83(95)103,65-120-35-27-78(98)91-31-38-109-42-46-113-52-55-118-59-63-125-96-84(104)74-19-9-10-20-75(74)85(96)105)66-121-36-28-79(99)92-32-39-110-43-47-114-53-56-119-60-64-126-97-86(106)76-21-11-12-22-77(76)87(97)107/h1-26H,27-67H2,(H,91,98)(H,92,99)(H,93,100)(H,94,101). The van der Waals surface area contributed by atoms with Gasteiger partial charge >= 0.3 is 0 Å². The summed E-state index contributed by atoms with van der Waals surface area (Å²) in [6, 6.07) is 47.0. The molecule has 126 heavy (non-hydrogen) atoms. The summed E-state index contributed by atoms with van der Waals surface area (Å²) in [5, 5.41) is 14.1. The number of amides is 10. The van der Waals surface area contributed by atoms with Gasteiger partial charge in [0.2, 0.25) is 23.6 Å².